The molecule has 57 heavy (non-hydrogen) atoms. The Hall–Kier alpha value is -7.62. The topological polar surface area (TPSA) is 23.0 Å². The van der Waals surface area contributed by atoms with E-state index in [0.717, 1.165) is 105 Å². The highest BCUT2D eigenvalue weighted by Crippen LogP contribution is 2.40. The van der Waals surface area contributed by atoms with Crippen molar-refractivity contribution in [2.75, 3.05) is 0 Å². The second-order valence-electron chi connectivity index (χ2n) is 14.8. The van der Waals surface area contributed by atoms with Gasteiger partial charge in [0.15, 0.2) is 0 Å². The normalized spacial score (nSPS) is 12.4. The van der Waals surface area contributed by atoms with Crippen LogP contribution >= 0.6 is 0 Å². The van der Waals surface area contributed by atoms with Gasteiger partial charge < -0.3 is 13.6 Å². The number of rotatable bonds is 5. The van der Waals surface area contributed by atoms with Crippen molar-refractivity contribution in [1.82, 2.24) is 9.13 Å². The lowest BCUT2D eigenvalue weighted by atomic mass is 9.99. The summed E-state index contributed by atoms with van der Waals surface area (Å²) >= 11 is 0. The molecule has 3 aromatic heterocycles. The van der Waals surface area contributed by atoms with Crippen molar-refractivity contribution in [3.05, 3.63) is 206 Å². The fraction of sp³-hybridized carbons (Fsp3) is 0. The average Bonchev–Trinajstić information content (AvgIpc) is 3.94. The zero-order chi connectivity index (χ0) is 39.2. The lowest BCUT2D eigenvalue weighted by molar-refractivity contribution is 0.669. The van der Waals surface area contributed by atoms with Gasteiger partial charge in [0, 0.05) is 43.7 Å². The quantitative estimate of drug-likeness (QED) is 0.173. The molecule has 12 aromatic rings. The zero-order valence-electron chi connectivity index (χ0n) is 32.8. The molecule has 0 unspecified atom stereocenters. The number of benzene rings is 9. The summed E-state index contributed by atoms with van der Waals surface area (Å²) in [7, 11) is 0. The van der Waals surface area contributed by atoms with Crippen LogP contribution in [-0.4, -0.2) is 9.13 Å². The van der Waals surface area contributed by atoms with E-state index in [1.807, 2.05) is 36.4 Å². The summed E-state index contributed by atoms with van der Waals surface area (Å²) in [5, 5.41) is 6.17. The molecule has 3 heterocycles. The molecule has 3 nitrogen and oxygen atoms in total. The number of fused-ring (bicyclic) bond motifs is 9. The van der Waals surface area contributed by atoms with Crippen molar-refractivity contribution in [3.8, 4) is 44.8 Å². The van der Waals surface area contributed by atoms with E-state index in [1.54, 1.807) is 0 Å². The first-order valence-electron chi connectivity index (χ1n) is 20.3. The summed E-state index contributed by atoms with van der Waals surface area (Å²) in [6.45, 7) is 0. The van der Waals surface area contributed by atoms with E-state index < -0.39 is 0 Å². The Kier molecular flexibility index (Phi) is 6.49. The van der Waals surface area contributed by atoms with Gasteiger partial charge in [0.25, 0.3) is 0 Å². The SMILES string of the molecule is [2H]c1cc2c(c([2H])c1-c1ccc3c(c1)c1ccccc1n3-c1ccc3oc4ccccc4c3c1)c1ccc(-c3ccccc3)cc1n2-c1cccc(-c2ccccc2)c1. The number of furan rings is 1. The van der Waals surface area contributed by atoms with Gasteiger partial charge in [-0.1, -0.05) is 133 Å². The Balaban J connectivity index is 1.08. The molecule has 0 bridgehead atoms. The average molecular weight is 729 g/mol. The molecule has 12 rings (SSSR count). The Labute approximate surface area is 331 Å². The molecule has 0 N–H and O–H groups in total. The maximum atomic E-state index is 9.96. The molecule has 0 aliphatic carbocycles. The van der Waals surface area contributed by atoms with Crippen LogP contribution in [0.3, 0.4) is 0 Å². The van der Waals surface area contributed by atoms with Gasteiger partial charge in [-0.25, -0.2) is 0 Å². The summed E-state index contributed by atoms with van der Waals surface area (Å²) in [5.74, 6) is 0. The van der Waals surface area contributed by atoms with Crippen LogP contribution in [-0.2, 0) is 0 Å². The highest BCUT2D eigenvalue weighted by Gasteiger charge is 2.18. The minimum atomic E-state index is 0.314. The molecule has 0 aliphatic heterocycles. The predicted molar refractivity (Wildman–Crippen MR) is 239 cm³/mol. The van der Waals surface area contributed by atoms with Crippen molar-refractivity contribution < 1.29 is 7.16 Å². The standard InChI is InChI=1S/C54H34N2O/c1-3-12-35(13-4-1)37-16-11-17-41(30-37)56-51-28-24-39(32-47(51)44-26-22-40(33-52(44)56)36-14-5-2-6-15-36)38-23-27-50-46(31-38)43-18-7-9-20-49(43)55(50)42-25-29-54-48(34-42)45-19-8-10-21-53(45)57-54/h1-34H/i24D,32D. The summed E-state index contributed by atoms with van der Waals surface area (Å²) in [5.41, 5.74) is 13.7. The molecule has 3 heteroatoms. The van der Waals surface area contributed by atoms with E-state index in [1.165, 1.54) is 0 Å². The van der Waals surface area contributed by atoms with Crippen LogP contribution in [0.2, 0.25) is 0 Å². The van der Waals surface area contributed by atoms with Crippen LogP contribution in [0.5, 0.6) is 0 Å². The van der Waals surface area contributed by atoms with Crippen LogP contribution in [0.4, 0.5) is 0 Å². The monoisotopic (exact) mass is 728 g/mol. The van der Waals surface area contributed by atoms with Crippen LogP contribution in [0.25, 0.3) is 110 Å². The van der Waals surface area contributed by atoms with Gasteiger partial charge in [-0.15, -0.1) is 0 Å². The molecule has 0 saturated carbocycles. The van der Waals surface area contributed by atoms with Crippen LogP contribution in [0.1, 0.15) is 2.74 Å². The molecule has 0 aliphatic rings. The van der Waals surface area contributed by atoms with Crippen molar-refractivity contribution >= 4 is 65.6 Å². The second-order valence-corrected chi connectivity index (χ2v) is 14.8. The van der Waals surface area contributed by atoms with Gasteiger partial charge in [-0.3, -0.25) is 0 Å². The summed E-state index contributed by atoms with van der Waals surface area (Å²) in [6, 6.07) is 68.0. The Morgan fingerprint density at radius 2 is 0.912 bits per heavy atom. The van der Waals surface area contributed by atoms with E-state index in [2.05, 4.69) is 167 Å². The van der Waals surface area contributed by atoms with Crippen molar-refractivity contribution in [2.24, 2.45) is 0 Å². The molecule has 0 spiro atoms. The van der Waals surface area contributed by atoms with Crippen molar-refractivity contribution in [1.29, 1.82) is 0 Å². The third kappa shape index (κ3) is 4.99. The minimum absolute atomic E-state index is 0.314. The largest absolute Gasteiger partial charge is 0.456 e. The fourth-order valence-corrected chi connectivity index (χ4v) is 8.84. The number of para-hydroxylation sites is 2. The smallest absolute Gasteiger partial charge is 0.135 e. The summed E-state index contributed by atoms with van der Waals surface area (Å²) < 4.78 is 30.3. The maximum Gasteiger partial charge on any atom is 0.135 e. The Morgan fingerprint density at radius 1 is 0.316 bits per heavy atom. The predicted octanol–water partition coefficient (Wildman–Crippen LogP) is 14.8. The highest BCUT2D eigenvalue weighted by atomic mass is 16.3. The van der Waals surface area contributed by atoms with Crippen LogP contribution in [0.15, 0.2) is 211 Å². The van der Waals surface area contributed by atoms with Gasteiger partial charge in [0.1, 0.15) is 11.2 Å². The Morgan fingerprint density at radius 3 is 1.75 bits per heavy atom. The van der Waals surface area contributed by atoms with Crippen molar-refractivity contribution in [3.63, 3.8) is 0 Å². The molecule has 0 atom stereocenters. The highest BCUT2D eigenvalue weighted by molar-refractivity contribution is 6.14. The zero-order valence-corrected chi connectivity index (χ0v) is 30.8. The molecule has 0 saturated heterocycles. The van der Waals surface area contributed by atoms with E-state index in [4.69, 9.17) is 4.42 Å². The second kappa shape index (κ2) is 12.5. The van der Waals surface area contributed by atoms with Gasteiger partial charge in [0.2, 0.25) is 0 Å². The molecular formula is C54H34N2O. The van der Waals surface area contributed by atoms with E-state index in [0.29, 0.717) is 17.6 Å². The van der Waals surface area contributed by atoms with Gasteiger partial charge in [-0.05, 0) is 106 Å². The lowest BCUT2D eigenvalue weighted by Crippen LogP contribution is -1.95. The maximum absolute atomic E-state index is 9.96. The van der Waals surface area contributed by atoms with E-state index in [-0.39, 0.29) is 0 Å². The van der Waals surface area contributed by atoms with Gasteiger partial charge >= 0.3 is 0 Å². The van der Waals surface area contributed by atoms with Gasteiger partial charge in [-0.2, -0.15) is 0 Å². The first-order chi connectivity index (χ1) is 29.1. The van der Waals surface area contributed by atoms with E-state index >= 15 is 0 Å². The van der Waals surface area contributed by atoms with Crippen molar-refractivity contribution in [2.45, 2.75) is 0 Å². The van der Waals surface area contributed by atoms with Gasteiger partial charge in [0.05, 0.1) is 24.8 Å². The fourth-order valence-electron chi connectivity index (χ4n) is 8.84. The first kappa shape index (κ1) is 29.7. The number of nitrogens with zero attached hydrogens (tertiary/aromatic N) is 2. The number of aromatic nitrogens is 2. The molecule has 0 amide bonds. The Bertz CT molecular complexity index is 3630. The first-order valence-corrected chi connectivity index (χ1v) is 19.3. The molecule has 266 valence electrons. The lowest BCUT2D eigenvalue weighted by Gasteiger charge is -2.12. The summed E-state index contributed by atoms with van der Waals surface area (Å²) in [6.07, 6.45) is 0. The molecule has 0 radical (unpaired) electrons. The third-order valence-electron chi connectivity index (χ3n) is 11.5. The molecule has 9 aromatic carbocycles. The number of hydrogen-bond donors (Lipinski definition) is 0. The van der Waals surface area contributed by atoms with Crippen LogP contribution in [0, 0.1) is 0 Å². The molecule has 0 fully saturated rings. The van der Waals surface area contributed by atoms with E-state index in [9.17, 15) is 2.74 Å². The minimum Gasteiger partial charge on any atom is -0.456 e. The summed E-state index contributed by atoms with van der Waals surface area (Å²) in [4.78, 5) is 0. The molecular weight excluding hydrogens is 693 g/mol. The number of hydrogen-bond acceptors (Lipinski definition) is 1. The van der Waals surface area contributed by atoms with Crippen LogP contribution < -0.4 is 0 Å². The third-order valence-corrected chi connectivity index (χ3v) is 11.5.